The van der Waals surface area contributed by atoms with Crippen LogP contribution in [0.4, 0.5) is 23.7 Å². The molecule has 0 heterocycles. The molecule has 0 spiro atoms. The summed E-state index contributed by atoms with van der Waals surface area (Å²) in [6.45, 7) is 2.03. The number of aliphatic imine (C=N–C) groups is 1. The molecule has 1 fully saturated rings. The minimum atomic E-state index is -4.49. The summed E-state index contributed by atoms with van der Waals surface area (Å²) in [7, 11) is 0. The molecule has 35 heavy (non-hydrogen) atoms. The number of guanidine groups is 1. The third-order valence-electron chi connectivity index (χ3n) is 5.43. The average Bonchev–Trinajstić information content (AvgIpc) is 2.80. The van der Waals surface area contributed by atoms with Crippen LogP contribution in [0.15, 0.2) is 53.5 Å². The molecular weight excluding hydrogens is 485 g/mol. The zero-order chi connectivity index (χ0) is 25.4. The van der Waals surface area contributed by atoms with Gasteiger partial charge in [-0.1, -0.05) is 17.7 Å². The standard InChI is InChI=1S/C24H26ClF3N4O3/c1-2-35-23(34)31-19-12-10-18(11-13-19)29-22(30-20-5-3-4-17(25)14-20)32-21(33)15-6-8-16(9-7-15)24(26,27)28/h3-9,14,18-19H,2,10-13H2,1H3,(H,31,34)(H2,29,30,32,33)/t18-,19-. The van der Waals surface area contributed by atoms with Gasteiger partial charge in [-0.25, -0.2) is 4.79 Å². The molecule has 2 aromatic carbocycles. The number of carbonyl (C=O) groups is 2. The number of alkyl halides is 3. The first-order valence-corrected chi connectivity index (χ1v) is 11.5. The zero-order valence-electron chi connectivity index (χ0n) is 19.0. The number of rotatable bonds is 5. The molecule has 0 unspecified atom stereocenters. The second-order valence-electron chi connectivity index (χ2n) is 8.03. The summed E-state index contributed by atoms with van der Waals surface area (Å²) < 4.78 is 43.4. The molecule has 2 amide bonds. The first-order valence-electron chi connectivity index (χ1n) is 11.2. The summed E-state index contributed by atoms with van der Waals surface area (Å²) in [5, 5.41) is 9.54. The fraction of sp³-hybridized carbons (Fsp3) is 0.375. The lowest BCUT2D eigenvalue weighted by Crippen LogP contribution is -2.45. The van der Waals surface area contributed by atoms with E-state index in [4.69, 9.17) is 16.3 Å². The van der Waals surface area contributed by atoms with Gasteiger partial charge in [0.2, 0.25) is 5.96 Å². The number of anilines is 1. The van der Waals surface area contributed by atoms with E-state index in [1.807, 2.05) is 0 Å². The van der Waals surface area contributed by atoms with Gasteiger partial charge < -0.3 is 20.7 Å². The molecule has 11 heteroatoms. The van der Waals surface area contributed by atoms with Crippen LogP contribution in [0.2, 0.25) is 5.02 Å². The minimum Gasteiger partial charge on any atom is -0.450 e. The van der Waals surface area contributed by atoms with E-state index >= 15 is 0 Å². The van der Waals surface area contributed by atoms with Gasteiger partial charge >= 0.3 is 12.3 Å². The summed E-state index contributed by atoms with van der Waals surface area (Å²) in [6.07, 6.45) is -2.14. The van der Waals surface area contributed by atoms with E-state index in [1.165, 1.54) is 0 Å². The highest BCUT2D eigenvalue weighted by atomic mass is 35.5. The normalized spacial score (nSPS) is 18.5. The SMILES string of the molecule is CCOC(=O)N[C@H]1CC[C@H](N/C(=N\C(=O)c2ccc(C(F)(F)F)cc2)Nc2cccc(Cl)c2)CC1. The van der Waals surface area contributed by atoms with Gasteiger partial charge in [0, 0.05) is 28.4 Å². The first kappa shape index (κ1) is 26.3. The number of benzene rings is 2. The van der Waals surface area contributed by atoms with Crippen molar-refractivity contribution in [3.8, 4) is 0 Å². The van der Waals surface area contributed by atoms with E-state index in [0.29, 0.717) is 43.0 Å². The van der Waals surface area contributed by atoms with E-state index < -0.39 is 23.7 Å². The maximum atomic E-state index is 12.8. The van der Waals surface area contributed by atoms with Gasteiger partial charge in [-0.2, -0.15) is 18.2 Å². The number of hydrogen-bond donors (Lipinski definition) is 3. The number of alkyl carbamates (subject to hydrolysis) is 1. The summed E-state index contributed by atoms with van der Waals surface area (Å²) in [5.74, 6) is -0.549. The molecule has 1 aliphatic rings. The van der Waals surface area contributed by atoms with Crippen molar-refractivity contribution in [1.82, 2.24) is 10.6 Å². The minimum absolute atomic E-state index is 0.0119. The highest BCUT2D eigenvalue weighted by Crippen LogP contribution is 2.29. The van der Waals surface area contributed by atoms with Crippen LogP contribution in [0.3, 0.4) is 0 Å². The Morgan fingerprint density at radius 2 is 1.66 bits per heavy atom. The largest absolute Gasteiger partial charge is 0.450 e. The molecule has 0 aliphatic heterocycles. The molecule has 3 N–H and O–H groups in total. The van der Waals surface area contributed by atoms with Crippen LogP contribution in [0.1, 0.15) is 48.5 Å². The van der Waals surface area contributed by atoms with Crippen LogP contribution in [0.25, 0.3) is 0 Å². The maximum Gasteiger partial charge on any atom is 0.416 e. The Hall–Kier alpha value is -3.27. The molecule has 3 rings (SSSR count). The van der Waals surface area contributed by atoms with E-state index in [0.717, 1.165) is 24.3 Å². The van der Waals surface area contributed by atoms with Gasteiger partial charge in [-0.3, -0.25) is 4.79 Å². The van der Waals surface area contributed by atoms with E-state index in [-0.39, 0.29) is 23.6 Å². The van der Waals surface area contributed by atoms with Gasteiger partial charge in [0.25, 0.3) is 5.91 Å². The molecular formula is C24H26ClF3N4O3. The summed E-state index contributed by atoms with van der Waals surface area (Å²) in [5.41, 5.74) is -0.240. The summed E-state index contributed by atoms with van der Waals surface area (Å²) in [4.78, 5) is 28.4. The molecule has 1 aliphatic carbocycles. The fourth-order valence-corrected chi connectivity index (χ4v) is 3.87. The molecule has 188 valence electrons. The number of hydrogen-bond acceptors (Lipinski definition) is 3. The Morgan fingerprint density at radius 1 is 1.03 bits per heavy atom. The van der Waals surface area contributed by atoms with Crippen LogP contribution in [0, 0.1) is 0 Å². The Balaban J connectivity index is 1.71. The summed E-state index contributed by atoms with van der Waals surface area (Å²) in [6, 6.07) is 10.6. The molecule has 7 nitrogen and oxygen atoms in total. The molecule has 0 radical (unpaired) electrons. The van der Waals surface area contributed by atoms with Crippen molar-refractivity contribution in [3.05, 3.63) is 64.7 Å². The lowest BCUT2D eigenvalue weighted by molar-refractivity contribution is -0.137. The van der Waals surface area contributed by atoms with Gasteiger partial charge in [0.1, 0.15) is 0 Å². The van der Waals surface area contributed by atoms with Crippen LogP contribution >= 0.6 is 11.6 Å². The van der Waals surface area contributed by atoms with Crippen molar-refractivity contribution in [2.45, 2.75) is 50.9 Å². The molecule has 1 saturated carbocycles. The Morgan fingerprint density at radius 3 is 2.23 bits per heavy atom. The van der Waals surface area contributed by atoms with Gasteiger partial charge in [0.05, 0.1) is 12.2 Å². The van der Waals surface area contributed by atoms with E-state index in [9.17, 15) is 22.8 Å². The summed E-state index contributed by atoms with van der Waals surface area (Å²) >= 11 is 6.05. The highest BCUT2D eigenvalue weighted by molar-refractivity contribution is 6.30. The molecule has 0 bridgehead atoms. The van der Waals surface area contributed by atoms with Gasteiger partial charge in [-0.05, 0) is 75.1 Å². The van der Waals surface area contributed by atoms with Crippen LogP contribution in [0.5, 0.6) is 0 Å². The van der Waals surface area contributed by atoms with Crippen molar-refractivity contribution in [1.29, 1.82) is 0 Å². The van der Waals surface area contributed by atoms with Gasteiger partial charge in [0.15, 0.2) is 0 Å². The Kier molecular flexibility index (Phi) is 8.97. The van der Waals surface area contributed by atoms with Crippen LogP contribution in [-0.2, 0) is 10.9 Å². The number of nitrogens with one attached hydrogen (secondary N) is 3. The highest BCUT2D eigenvalue weighted by Gasteiger charge is 2.30. The Bertz CT molecular complexity index is 1050. The number of carbonyl (C=O) groups excluding carboxylic acids is 2. The van der Waals surface area contributed by atoms with Crippen LogP contribution < -0.4 is 16.0 Å². The third kappa shape index (κ3) is 8.17. The number of ether oxygens (including phenoxy) is 1. The van der Waals surface area contributed by atoms with Crippen molar-refractivity contribution >= 4 is 35.2 Å². The van der Waals surface area contributed by atoms with Gasteiger partial charge in [-0.15, -0.1) is 0 Å². The topological polar surface area (TPSA) is 91.8 Å². The van der Waals surface area contributed by atoms with Crippen LogP contribution in [-0.4, -0.2) is 36.7 Å². The van der Waals surface area contributed by atoms with Crippen molar-refractivity contribution in [2.75, 3.05) is 11.9 Å². The number of amides is 2. The monoisotopic (exact) mass is 510 g/mol. The quantitative estimate of drug-likeness (QED) is 0.359. The van der Waals surface area contributed by atoms with E-state index in [2.05, 4.69) is 20.9 Å². The lowest BCUT2D eigenvalue weighted by Gasteiger charge is -2.30. The van der Waals surface area contributed by atoms with Crippen molar-refractivity contribution < 1.29 is 27.5 Å². The fourth-order valence-electron chi connectivity index (χ4n) is 3.68. The second-order valence-corrected chi connectivity index (χ2v) is 8.47. The van der Waals surface area contributed by atoms with Crippen molar-refractivity contribution in [2.24, 2.45) is 4.99 Å². The molecule has 0 aromatic heterocycles. The Labute approximate surface area is 206 Å². The smallest absolute Gasteiger partial charge is 0.416 e. The average molecular weight is 511 g/mol. The zero-order valence-corrected chi connectivity index (χ0v) is 19.7. The third-order valence-corrected chi connectivity index (χ3v) is 5.66. The number of nitrogens with zero attached hydrogens (tertiary/aromatic N) is 1. The van der Waals surface area contributed by atoms with E-state index in [1.54, 1.807) is 31.2 Å². The van der Waals surface area contributed by atoms with Crippen molar-refractivity contribution in [3.63, 3.8) is 0 Å². The predicted octanol–water partition coefficient (Wildman–Crippen LogP) is 5.61. The molecule has 2 aromatic rings. The predicted molar refractivity (Wildman–Crippen MR) is 128 cm³/mol. The molecule has 0 atom stereocenters. The maximum absolute atomic E-state index is 12.8. The second kappa shape index (κ2) is 11.9. The molecule has 0 saturated heterocycles. The number of halogens is 4. The first-order chi connectivity index (χ1) is 16.6. The lowest BCUT2D eigenvalue weighted by atomic mass is 9.91.